The third kappa shape index (κ3) is 7.83. The standard InChI is InChI=1S/C25H31N3O4S/c1-2-3-6-15-31-19-13-11-18(12-14-19)23(29)28-25(33)27-22-10-5-4-9-21(22)24(30)26-17-20-8-7-16-32-20/h4-5,9-14,20H,2-3,6-8,15-17H2,1H3,(H,26,30)(H2,27,28,29,33). The number of carbonyl (C=O) groups excluding carboxylic acids is 2. The highest BCUT2D eigenvalue weighted by atomic mass is 32.1. The van der Waals surface area contributed by atoms with Crippen molar-refractivity contribution < 1.29 is 19.1 Å². The summed E-state index contributed by atoms with van der Waals surface area (Å²) in [6.45, 7) is 4.01. The first kappa shape index (κ1) is 24.7. The van der Waals surface area contributed by atoms with Gasteiger partial charge in [0.2, 0.25) is 0 Å². The van der Waals surface area contributed by atoms with Crippen LogP contribution in [0.15, 0.2) is 48.5 Å². The molecule has 1 atom stereocenters. The highest BCUT2D eigenvalue weighted by Crippen LogP contribution is 2.17. The van der Waals surface area contributed by atoms with Gasteiger partial charge in [-0.15, -0.1) is 0 Å². The number of unbranched alkanes of at least 4 members (excludes halogenated alkanes) is 2. The fourth-order valence-corrected chi connectivity index (χ4v) is 3.67. The average Bonchev–Trinajstić information content (AvgIpc) is 3.35. The van der Waals surface area contributed by atoms with Crippen LogP contribution in [0.1, 0.15) is 59.7 Å². The normalized spacial score (nSPS) is 15.0. The van der Waals surface area contributed by atoms with Crippen LogP contribution in [-0.4, -0.2) is 42.8 Å². The summed E-state index contributed by atoms with van der Waals surface area (Å²) in [4.78, 5) is 25.2. The van der Waals surface area contributed by atoms with E-state index in [1.807, 2.05) is 0 Å². The largest absolute Gasteiger partial charge is 0.494 e. The molecule has 1 unspecified atom stereocenters. The third-order valence-corrected chi connectivity index (χ3v) is 5.50. The molecular weight excluding hydrogens is 438 g/mol. The Morgan fingerprint density at radius 1 is 1.09 bits per heavy atom. The number of hydrogen-bond acceptors (Lipinski definition) is 5. The molecule has 2 amide bonds. The predicted octanol–water partition coefficient (Wildman–Crippen LogP) is 4.29. The number of ether oxygens (including phenoxy) is 2. The molecule has 3 rings (SSSR count). The Hall–Kier alpha value is -2.97. The highest BCUT2D eigenvalue weighted by Gasteiger charge is 2.18. The first-order chi connectivity index (χ1) is 16.1. The monoisotopic (exact) mass is 469 g/mol. The zero-order chi connectivity index (χ0) is 23.5. The molecular formula is C25H31N3O4S. The van der Waals surface area contributed by atoms with Crippen molar-refractivity contribution in [3.8, 4) is 5.75 Å². The van der Waals surface area contributed by atoms with E-state index in [0.717, 1.165) is 44.5 Å². The number of rotatable bonds is 10. The molecule has 3 N–H and O–H groups in total. The summed E-state index contributed by atoms with van der Waals surface area (Å²) in [5, 5.41) is 8.62. The van der Waals surface area contributed by atoms with Gasteiger partial charge in [0.05, 0.1) is 24.0 Å². The van der Waals surface area contributed by atoms with Gasteiger partial charge in [0.25, 0.3) is 11.8 Å². The van der Waals surface area contributed by atoms with E-state index < -0.39 is 0 Å². The number of carbonyl (C=O) groups is 2. The molecule has 8 heteroatoms. The second kappa shape index (κ2) is 12.9. The van der Waals surface area contributed by atoms with Crippen molar-refractivity contribution in [2.45, 2.75) is 45.1 Å². The molecule has 1 aliphatic rings. The second-order valence-electron chi connectivity index (χ2n) is 7.88. The molecule has 0 aliphatic carbocycles. The summed E-state index contributed by atoms with van der Waals surface area (Å²) in [5.74, 6) is 0.161. The minimum absolute atomic E-state index is 0.0579. The zero-order valence-corrected chi connectivity index (χ0v) is 19.7. The summed E-state index contributed by atoms with van der Waals surface area (Å²) in [5.41, 5.74) is 1.42. The first-order valence-corrected chi connectivity index (χ1v) is 11.8. The summed E-state index contributed by atoms with van der Waals surface area (Å²) in [6, 6.07) is 13.9. The molecule has 2 aromatic carbocycles. The van der Waals surface area contributed by atoms with Crippen molar-refractivity contribution in [1.29, 1.82) is 0 Å². The van der Waals surface area contributed by atoms with Crippen LogP contribution >= 0.6 is 12.2 Å². The van der Waals surface area contributed by atoms with Gasteiger partial charge in [-0.05, 0) is 67.9 Å². The van der Waals surface area contributed by atoms with Gasteiger partial charge in [0, 0.05) is 18.7 Å². The lowest BCUT2D eigenvalue weighted by molar-refractivity contribution is 0.0858. The Labute approximate surface area is 200 Å². The number of thiocarbonyl (C=S) groups is 1. The molecule has 0 spiro atoms. The van der Waals surface area contributed by atoms with E-state index >= 15 is 0 Å². The molecule has 33 heavy (non-hydrogen) atoms. The molecule has 1 fully saturated rings. The number of anilines is 1. The fourth-order valence-electron chi connectivity index (χ4n) is 3.47. The quantitative estimate of drug-likeness (QED) is 0.355. The van der Waals surface area contributed by atoms with Crippen molar-refractivity contribution >= 4 is 34.8 Å². The Morgan fingerprint density at radius 2 is 1.88 bits per heavy atom. The van der Waals surface area contributed by atoms with Crippen LogP contribution in [0.25, 0.3) is 0 Å². The Balaban J connectivity index is 1.51. The molecule has 1 aliphatic heterocycles. The lowest BCUT2D eigenvalue weighted by Crippen LogP contribution is -2.35. The molecule has 0 radical (unpaired) electrons. The van der Waals surface area contributed by atoms with E-state index in [9.17, 15) is 9.59 Å². The van der Waals surface area contributed by atoms with E-state index in [0.29, 0.717) is 30.0 Å². The van der Waals surface area contributed by atoms with Gasteiger partial charge in [-0.3, -0.25) is 14.9 Å². The van der Waals surface area contributed by atoms with Crippen molar-refractivity contribution in [3.05, 3.63) is 59.7 Å². The SMILES string of the molecule is CCCCCOc1ccc(C(=O)NC(=S)Nc2ccccc2C(=O)NCC2CCCO2)cc1. The number of nitrogens with one attached hydrogen (secondary N) is 3. The fraction of sp³-hybridized carbons (Fsp3) is 0.400. The first-order valence-electron chi connectivity index (χ1n) is 11.4. The smallest absolute Gasteiger partial charge is 0.257 e. The van der Waals surface area contributed by atoms with Gasteiger partial charge in [-0.2, -0.15) is 0 Å². The van der Waals surface area contributed by atoms with E-state index in [1.165, 1.54) is 0 Å². The van der Waals surface area contributed by atoms with Gasteiger partial charge < -0.3 is 20.1 Å². The van der Waals surface area contributed by atoms with Crippen LogP contribution in [0.3, 0.4) is 0 Å². The van der Waals surface area contributed by atoms with Crippen LogP contribution < -0.4 is 20.7 Å². The number of amides is 2. The maximum atomic E-state index is 12.6. The zero-order valence-electron chi connectivity index (χ0n) is 18.9. The maximum absolute atomic E-state index is 12.6. The summed E-state index contributed by atoms with van der Waals surface area (Å²) in [7, 11) is 0. The minimum Gasteiger partial charge on any atom is -0.494 e. The highest BCUT2D eigenvalue weighted by molar-refractivity contribution is 7.80. The van der Waals surface area contributed by atoms with E-state index in [2.05, 4.69) is 22.9 Å². The Morgan fingerprint density at radius 3 is 2.61 bits per heavy atom. The van der Waals surface area contributed by atoms with Crippen LogP contribution in [0.4, 0.5) is 5.69 Å². The van der Waals surface area contributed by atoms with Crippen LogP contribution in [0.5, 0.6) is 5.75 Å². The van der Waals surface area contributed by atoms with Crippen molar-refractivity contribution in [3.63, 3.8) is 0 Å². The topological polar surface area (TPSA) is 88.7 Å². The number of hydrogen-bond donors (Lipinski definition) is 3. The van der Waals surface area contributed by atoms with E-state index in [4.69, 9.17) is 21.7 Å². The molecule has 0 saturated carbocycles. The second-order valence-corrected chi connectivity index (χ2v) is 8.29. The Kier molecular flexibility index (Phi) is 9.65. The number of benzene rings is 2. The predicted molar refractivity (Wildman–Crippen MR) is 133 cm³/mol. The Bertz CT molecular complexity index is 943. The summed E-state index contributed by atoms with van der Waals surface area (Å²) < 4.78 is 11.2. The molecule has 2 aromatic rings. The maximum Gasteiger partial charge on any atom is 0.257 e. The lowest BCUT2D eigenvalue weighted by atomic mass is 10.1. The molecule has 1 saturated heterocycles. The lowest BCUT2D eigenvalue weighted by Gasteiger charge is -2.15. The van der Waals surface area contributed by atoms with Gasteiger partial charge in [-0.1, -0.05) is 31.9 Å². The van der Waals surface area contributed by atoms with Crippen molar-refractivity contribution in [2.75, 3.05) is 25.1 Å². The van der Waals surface area contributed by atoms with Gasteiger partial charge in [-0.25, -0.2) is 0 Å². The molecule has 176 valence electrons. The van der Waals surface area contributed by atoms with Gasteiger partial charge in [0.15, 0.2) is 5.11 Å². The van der Waals surface area contributed by atoms with Crippen molar-refractivity contribution in [2.24, 2.45) is 0 Å². The molecule has 0 bridgehead atoms. The minimum atomic E-state index is -0.342. The van der Waals surface area contributed by atoms with Crippen LogP contribution in [-0.2, 0) is 4.74 Å². The molecule has 1 heterocycles. The van der Waals surface area contributed by atoms with Crippen molar-refractivity contribution in [1.82, 2.24) is 10.6 Å². The summed E-state index contributed by atoms with van der Waals surface area (Å²) >= 11 is 5.30. The van der Waals surface area contributed by atoms with Crippen LogP contribution in [0.2, 0.25) is 0 Å². The van der Waals surface area contributed by atoms with Gasteiger partial charge in [0.1, 0.15) is 5.75 Å². The average molecular weight is 470 g/mol. The summed E-state index contributed by atoms with van der Waals surface area (Å²) in [6.07, 6.45) is 5.30. The number of para-hydroxylation sites is 1. The molecule has 0 aromatic heterocycles. The third-order valence-electron chi connectivity index (χ3n) is 5.29. The molecule has 7 nitrogen and oxygen atoms in total. The van der Waals surface area contributed by atoms with Gasteiger partial charge >= 0.3 is 0 Å². The van der Waals surface area contributed by atoms with E-state index in [-0.39, 0.29) is 23.0 Å². The van der Waals surface area contributed by atoms with Crippen LogP contribution in [0, 0.1) is 0 Å². The van der Waals surface area contributed by atoms with E-state index in [1.54, 1.807) is 48.5 Å².